The van der Waals surface area contributed by atoms with Crippen LogP contribution in [0.1, 0.15) is 36.0 Å². The summed E-state index contributed by atoms with van der Waals surface area (Å²) in [7, 11) is 0. The minimum Gasteiger partial charge on any atom is -0.504 e. The maximum atomic E-state index is 11.8. The van der Waals surface area contributed by atoms with Gasteiger partial charge in [0.2, 0.25) is 0 Å². The summed E-state index contributed by atoms with van der Waals surface area (Å²) in [5.41, 5.74) is 0.354. The number of phenolic OH excluding ortho intramolecular Hbond substituents is 2. The Bertz CT molecular complexity index is 442. The first kappa shape index (κ1) is 13.7. The topological polar surface area (TPSA) is 81.6 Å². The largest absolute Gasteiger partial charge is 0.504 e. The zero-order chi connectivity index (χ0) is 13.7. The van der Waals surface area contributed by atoms with E-state index in [2.05, 4.69) is 10.6 Å². The van der Waals surface area contributed by atoms with Crippen LogP contribution in [0.15, 0.2) is 18.2 Å². The number of carbonyl (C=O) groups excluding carboxylic acids is 1. The van der Waals surface area contributed by atoms with Gasteiger partial charge in [-0.25, -0.2) is 0 Å². The number of phenols is 2. The fourth-order valence-corrected chi connectivity index (χ4v) is 2.30. The van der Waals surface area contributed by atoms with E-state index in [1.165, 1.54) is 31.0 Å². The third kappa shape index (κ3) is 3.86. The molecule has 0 radical (unpaired) electrons. The highest BCUT2D eigenvalue weighted by Gasteiger charge is 2.13. The predicted molar refractivity (Wildman–Crippen MR) is 72.4 cm³/mol. The number of hydrogen-bond donors (Lipinski definition) is 4. The Balaban J connectivity index is 1.78. The lowest BCUT2D eigenvalue weighted by atomic mass is 10.0. The Morgan fingerprint density at radius 2 is 2.16 bits per heavy atom. The Labute approximate surface area is 112 Å². The van der Waals surface area contributed by atoms with Gasteiger partial charge in [-0.2, -0.15) is 0 Å². The van der Waals surface area contributed by atoms with Crippen LogP contribution >= 0.6 is 0 Å². The molecule has 1 saturated heterocycles. The van der Waals surface area contributed by atoms with Crippen molar-refractivity contribution in [2.24, 2.45) is 0 Å². The molecule has 2 rings (SSSR count). The second kappa shape index (κ2) is 6.43. The minimum absolute atomic E-state index is 0.219. The van der Waals surface area contributed by atoms with Crippen molar-refractivity contribution in [1.82, 2.24) is 10.6 Å². The van der Waals surface area contributed by atoms with Crippen molar-refractivity contribution in [2.45, 2.75) is 31.7 Å². The van der Waals surface area contributed by atoms with Crippen LogP contribution in [0, 0.1) is 0 Å². The van der Waals surface area contributed by atoms with E-state index in [0.29, 0.717) is 18.2 Å². The number of piperidine rings is 1. The molecule has 0 saturated carbocycles. The highest BCUT2D eigenvalue weighted by Crippen LogP contribution is 2.24. The van der Waals surface area contributed by atoms with Gasteiger partial charge >= 0.3 is 0 Å². The number of amides is 1. The third-order valence-electron chi connectivity index (χ3n) is 3.43. The smallest absolute Gasteiger partial charge is 0.251 e. The van der Waals surface area contributed by atoms with E-state index in [0.717, 1.165) is 19.4 Å². The number of carbonyl (C=O) groups is 1. The zero-order valence-corrected chi connectivity index (χ0v) is 10.9. The van der Waals surface area contributed by atoms with Gasteiger partial charge in [-0.05, 0) is 44.0 Å². The van der Waals surface area contributed by atoms with Gasteiger partial charge in [0.05, 0.1) is 0 Å². The lowest BCUT2D eigenvalue weighted by molar-refractivity contribution is 0.0951. The molecule has 1 unspecified atom stereocenters. The molecule has 19 heavy (non-hydrogen) atoms. The Hall–Kier alpha value is -1.75. The summed E-state index contributed by atoms with van der Waals surface area (Å²) in [6, 6.07) is 4.56. The van der Waals surface area contributed by atoms with E-state index in [-0.39, 0.29) is 17.4 Å². The van der Waals surface area contributed by atoms with Crippen LogP contribution in [-0.2, 0) is 0 Å². The molecule has 0 aromatic heterocycles. The molecule has 1 amide bonds. The minimum atomic E-state index is -0.276. The average Bonchev–Trinajstić information content (AvgIpc) is 2.43. The van der Waals surface area contributed by atoms with Gasteiger partial charge in [-0.1, -0.05) is 6.42 Å². The Morgan fingerprint density at radius 3 is 2.84 bits per heavy atom. The first-order valence-electron chi connectivity index (χ1n) is 6.70. The molecule has 4 N–H and O–H groups in total. The van der Waals surface area contributed by atoms with E-state index in [1.54, 1.807) is 0 Å². The van der Waals surface area contributed by atoms with Gasteiger partial charge in [0.25, 0.3) is 5.91 Å². The molecule has 0 spiro atoms. The van der Waals surface area contributed by atoms with Crippen molar-refractivity contribution >= 4 is 5.91 Å². The van der Waals surface area contributed by atoms with E-state index in [9.17, 15) is 15.0 Å². The molecule has 1 aromatic carbocycles. The van der Waals surface area contributed by atoms with Crippen molar-refractivity contribution in [1.29, 1.82) is 0 Å². The summed E-state index contributed by atoms with van der Waals surface area (Å²) in [6.07, 6.45) is 4.55. The van der Waals surface area contributed by atoms with E-state index in [4.69, 9.17) is 0 Å². The van der Waals surface area contributed by atoms with E-state index >= 15 is 0 Å². The lowest BCUT2D eigenvalue weighted by Crippen LogP contribution is -2.37. The van der Waals surface area contributed by atoms with Crippen LogP contribution < -0.4 is 10.6 Å². The van der Waals surface area contributed by atoms with Crippen LogP contribution in [0.2, 0.25) is 0 Å². The molecule has 104 valence electrons. The van der Waals surface area contributed by atoms with Gasteiger partial charge in [-0.15, -0.1) is 0 Å². The van der Waals surface area contributed by atoms with Gasteiger partial charge < -0.3 is 20.8 Å². The van der Waals surface area contributed by atoms with Gasteiger partial charge in [0.15, 0.2) is 11.5 Å². The molecular formula is C14H20N2O3. The van der Waals surface area contributed by atoms with E-state index < -0.39 is 0 Å². The molecule has 5 heteroatoms. The fraction of sp³-hybridized carbons (Fsp3) is 0.500. The molecule has 0 aliphatic carbocycles. The first-order valence-corrected chi connectivity index (χ1v) is 6.70. The van der Waals surface area contributed by atoms with Crippen molar-refractivity contribution in [3.05, 3.63) is 23.8 Å². The number of nitrogens with one attached hydrogen (secondary N) is 2. The molecule has 1 heterocycles. The Kier molecular flexibility index (Phi) is 4.63. The quantitative estimate of drug-likeness (QED) is 0.619. The van der Waals surface area contributed by atoms with E-state index in [1.807, 2.05) is 0 Å². The van der Waals surface area contributed by atoms with Crippen molar-refractivity contribution < 1.29 is 15.0 Å². The summed E-state index contributed by atoms with van der Waals surface area (Å²) in [5, 5.41) is 24.8. The van der Waals surface area contributed by atoms with Crippen molar-refractivity contribution in [3.63, 3.8) is 0 Å². The van der Waals surface area contributed by atoms with Gasteiger partial charge in [0.1, 0.15) is 0 Å². The predicted octanol–water partition coefficient (Wildman–Crippen LogP) is 1.36. The monoisotopic (exact) mass is 264 g/mol. The summed E-state index contributed by atoms with van der Waals surface area (Å²) in [5.74, 6) is -0.726. The fourth-order valence-electron chi connectivity index (χ4n) is 2.30. The summed E-state index contributed by atoms with van der Waals surface area (Å²) >= 11 is 0. The second-order valence-electron chi connectivity index (χ2n) is 4.89. The molecule has 1 aliphatic heterocycles. The number of hydrogen-bond acceptors (Lipinski definition) is 4. The summed E-state index contributed by atoms with van der Waals surface area (Å²) < 4.78 is 0. The molecule has 1 aromatic rings. The third-order valence-corrected chi connectivity index (χ3v) is 3.43. The average molecular weight is 264 g/mol. The van der Waals surface area contributed by atoms with Crippen molar-refractivity contribution in [2.75, 3.05) is 13.1 Å². The normalized spacial score (nSPS) is 19.1. The molecule has 1 aliphatic rings. The maximum absolute atomic E-state index is 11.8. The van der Waals surface area contributed by atoms with Gasteiger partial charge in [-0.3, -0.25) is 4.79 Å². The molecule has 1 fully saturated rings. The molecule has 1 atom stereocenters. The van der Waals surface area contributed by atoms with Crippen LogP contribution in [-0.4, -0.2) is 35.3 Å². The summed E-state index contributed by atoms with van der Waals surface area (Å²) in [4.78, 5) is 11.8. The number of rotatable bonds is 4. The second-order valence-corrected chi connectivity index (χ2v) is 4.89. The number of benzene rings is 1. The van der Waals surface area contributed by atoms with Gasteiger partial charge in [0, 0.05) is 18.2 Å². The zero-order valence-electron chi connectivity index (χ0n) is 10.9. The van der Waals surface area contributed by atoms with Crippen LogP contribution in [0.3, 0.4) is 0 Å². The molecule has 5 nitrogen and oxygen atoms in total. The van der Waals surface area contributed by atoms with Crippen LogP contribution in [0.25, 0.3) is 0 Å². The van der Waals surface area contributed by atoms with Crippen LogP contribution in [0.5, 0.6) is 11.5 Å². The standard InChI is InChI=1S/C14H20N2O3/c17-12-5-4-10(9-13(12)18)14(19)16-8-6-11-3-1-2-7-15-11/h4-5,9,11,15,17-18H,1-3,6-8H2,(H,16,19). The Morgan fingerprint density at radius 1 is 1.32 bits per heavy atom. The highest BCUT2D eigenvalue weighted by atomic mass is 16.3. The van der Waals surface area contributed by atoms with Crippen LogP contribution in [0.4, 0.5) is 0 Å². The first-order chi connectivity index (χ1) is 9.16. The summed E-state index contributed by atoms with van der Waals surface area (Å²) in [6.45, 7) is 1.67. The lowest BCUT2D eigenvalue weighted by Gasteiger charge is -2.23. The SMILES string of the molecule is O=C(NCCC1CCCCN1)c1ccc(O)c(O)c1. The van der Waals surface area contributed by atoms with Crippen molar-refractivity contribution in [3.8, 4) is 11.5 Å². The maximum Gasteiger partial charge on any atom is 0.251 e. The molecular weight excluding hydrogens is 244 g/mol. The number of aromatic hydroxyl groups is 2. The molecule has 0 bridgehead atoms. The highest BCUT2D eigenvalue weighted by molar-refractivity contribution is 5.94.